The maximum Gasteiger partial charge on any atom is 0.234 e. The van der Waals surface area contributed by atoms with Crippen molar-refractivity contribution in [2.45, 2.75) is 47.1 Å². The molecule has 1 atom stereocenters. The van der Waals surface area contributed by atoms with Crippen LogP contribution in [0.25, 0.3) is 0 Å². The van der Waals surface area contributed by atoms with Crippen LogP contribution in [-0.2, 0) is 4.79 Å². The highest BCUT2D eigenvalue weighted by molar-refractivity contribution is 5.79. The van der Waals surface area contributed by atoms with E-state index in [1.807, 2.05) is 32.7 Å². The highest BCUT2D eigenvalue weighted by atomic mass is 16.1. The van der Waals surface area contributed by atoms with Gasteiger partial charge in [0.1, 0.15) is 0 Å². The van der Waals surface area contributed by atoms with Crippen LogP contribution in [0.1, 0.15) is 41.0 Å². The van der Waals surface area contributed by atoms with Gasteiger partial charge in [0.05, 0.1) is 6.04 Å². The number of carbonyl (C=O) groups is 1. The van der Waals surface area contributed by atoms with Crippen LogP contribution < -0.4 is 5.73 Å². The fourth-order valence-electron chi connectivity index (χ4n) is 0.873. The summed E-state index contributed by atoms with van der Waals surface area (Å²) in [5, 5.41) is 0. The van der Waals surface area contributed by atoms with E-state index in [1.165, 1.54) is 0 Å². The fourth-order valence-corrected chi connectivity index (χ4v) is 0.873. The quantitative estimate of drug-likeness (QED) is 0.739. The molecular weight excluding hydrogens is 176 g/mol. The predicted octanol–water partition coefficient (Wildman–Crippen LogP) is 1.86. The van der Waals surface area contributed by atoms with Gasteiger partial charge in [0, 0.05) is 0 Å². The smallest absolute Gasteiger partial charge is 0.234 e. The van der Waals surface area contributed by atoms with Crippen molar-refractivity contribution in [1.29, 1.82) is 0 Å². The van der Waals surface area contributed by atoms with E-state index < -0.39 is 0 Å². The molecule has 3 heteroatoms. The molecule has 1 amide bonds. The van der Waals surface area contributed by atoms with Crippen LogP contribution in [0, 0.1) is 5.92 Å². The lowest BCUT2D eigenvalue weighted by Crippen LogP contribution is -2.40. The summed E-state index contributed by atoms with van der Waals surface area (Å²) in [6.45, 7) is 11.1. The van der Waals surface area contributed by atoms with E-state index in [0.717, 1.165) is 13.0 Å². The molecule has 0 fully saturated rings. The lowest BCUT2D eigenvalue weighted by atomic mass is 10.1. The molecule has 0 heterocycles. The van der Waals surface area contributed by atoms with Crippen LogP contribution in [0.5, 0.6) is 0 Å². The van der Waals surface area contributed by atoms with Crippen molar-refractivity contribution < 1.29 is 4.79 Å². The van der Waals surface area contributed by atoms with Crippen molar-refractivity contribution in [3.63, 3.8) is 0 Å². The molecule has 0 aliphatic rings. The second-order valence-electron chi connectivity index (χ2n) is 3.74. The number of hydrogen-bond acceptors (Lipinski definition) is 2. The molecule has 0 spiro atoms. The molecular formula is C11H26N2O. The molecule has 0 radical (unpaired) electrons. The van der Waals surface area contributed by atoms with Crippen LogP contribution in [-0.4, -0.2) is 30.4 Å². The van der Waals surface area contributed by atoms with Gasteiger partial charge in [0.2, 0.25) is 5.91 Å². The zero-order valence-electron chi connectivity index (χ0n) is 10.5. The summed E-state index contributed by atoms with van der Waals surface area (Å²) in [6, 6.07) is -0.149. The lowest BCUT2D eigenvalue weighted by Gasteiger charge is -2.22. The first-order valence-corrected chi connectivity index (χ1v) is 5.44. The molecule has 0 rings (SSSR count). The summed E-state index contributed by atoms with van der Waals surface area (Å²) in [5.74, 6) is 0.425. The van der Waals surface area contributed by atoms with Crippen LogP contribution in [0.4, 0.5) is 0 Å². The average molecular weight is 202 g/mol. The average Bonchev–Trinajstić information content (AvgIpc) is 2.15. The summed E-state index contributed by atoms with van der Waals surface area (Å²) in [7, 11) is 1.93. The zero-order valence-corrected chi connectivity index (χ0v) is 10.5. The Morgan fingerprint density at radius 3 is 2.00 bits per heavy atom. The molecule has 1 unspecified atom stereocenters. The summed E-state index contributed by atoms with van der Waals surface area (Å²) < 4.78 is 0. The third-order valence-electron chi connectivity index (χ3n) is 2.13. The third-order valence-corrected chi connectivity index (χ3v) is 2.13. The minimum absolute atomic E-state index is 0.149. The van der Waals surface area contributed by atoms with Gasteiger partial charge in [0.25, 0.3) is 0 Å². The molecule has 86 valence electrons. The van der Waals surface area contributed by atoms with Crippen molar-refractivity contribution in [1.82, 2.24) is 4.90 Å². The summed E-state index contributed by atoms with van der Waals surface area (Å²) in [5.41, 5.74) is 5.16. The molecule has 0 bridgehead atoms. The van der Waals surface area contributed by atoms with E-state index in [9.17, 15) is 4.79 Å². The Balaban J connectivity index is 0. The monoisotopic (exact) mass is 202 g/mol. The van der Waals surface area contributed by atoms with Gasteiger partial charge >= 0.3 is 0 Å². The van der Waals surface area contributed by atoms with E-state index in [-0.39, 0.29) is 11.9 Å². The first-order valence-electron chi connectivity index (χ1n) is 5.44. The number of likely N-dealkylation sites (N-methyl/N-ethyl adjacent to an activating group) is 1. The molecule has 0 aliphatic carbocycles. The number of amides is 1. The molecule has 3 nitrogen and oxygen atoms in total. The van der Waals surface area contributed by atoms with Gasteiger partial charge in [-0.15, -0.1) is 0 Å². The molecule has 14 heavy (non-hydrogen) atoms. The van der Waals surface area contributed by atoms with Gasteiger partial charge < -0.3 is 5.73 Å². The number of rotatable bonds is 5. The van der Waals surface area contributed by atoms with Gasteiger partial charge in [-0.05, 0) is 32.9 Å². The summed E-state index contributed by atoms with van der Waals surface area (Å²) >= 11 is 0. The van der Waals surface area contributed by atoms with Gasteiger partial charge in [-0.1, -0.05) is 27.7 Å². The Morgan fingerprint density at radius 2 is 1.71 bits per heavy atom. The maximum atomic E-state index is 10.8. The third kappa shape index (κ3) is 8.05. The summed E-state index contributed by atoms with van der Waals surface area (Å²) in [6.07, 6.45) is 1.11. The predicted molar refractivity (Wildman–Crippen MR) is 62.1 cm³/mol. The SMILES string of the molecule is CC.CC(C)CCN(C)C(C)C(N)=O. The Bertz CT molecular complexity index is 146. The van der Waals surface area contributed by atoms with Crippen molar-refractivity contribution in [3.8, 4) is 0 Å². The minimum Gasteiger partial charge on any atom is -0.368 e. The van der Waals surface area contributed by atoms with Crippen molar-refractivity contribution >= 4 is 5.91 Å². The Hall–Kier alpha value is -0.570. The van der Waals surface area contributed by atoms with Crippen LogP contribution in [0.15, 0.2) is 0 Å². The normalized spacial score (nSPS) is 12.3. The fraction of sp³-hybridized carbons (Fsp3) is 0.909. The summed E-state index contributed by atoms with van der Waals surface area (Å²) in [4.78, 5) is 12.8. The Kier molecular flexibility index (Phi) is 10.2. The highest BCUT2D eigenvalue weighted by Gasteiger charge is 2.13. The molecule has 0 aliphatic heterocycles. The lowest BCUT2D eigenvalue weighted by molar-refractivity contribution is -0.122. The van der Waals surface area contributed by atoms with Gasteiger partial charge in [0.15, 0.2) is 0 Å². The number of hydrogen-bond donors (Lipinski definition) is 1. The first kappa shape index (κ1) is 15.9. The van der Waals surface area contributed by atoms with Crippen molar-refractivity contribution in [3.05, 3.63) is 0 Å². The van der Waals surface area contributed by atoms with Gasteiger partial charge in [-0.2, -0.15) is 0 Å². The van der Waals surface area contributed by atoms with Crippen molar-refractivity contribution in [2.75, 3.05) is 13.6 Å². The van der Waals surface area contributed by atoms with Gasteiger partial charge in [-0.3, -0.25) is 9.69 Å². The van der Waals surface area contributed by atoms with Crippen LogP contribution >= 0.6 is 0 Å². The van der Waals surface area contributed by atoms with Gasteiger partial charge in [-0.25, -0.2) is 0 Å². The van der Waals surface area contributed by atoms with E-state index in [1.54, 1.807) is 0 Å². The largest absolute Gasteiger partial charge is 0.368 e. The standard InChI is InChI=1S/C9H20N2O.C2H6/c1-7(2)5-6-11(4)8(3)9(10)12;1-2/h7-8H,5-6H2,1-4H3,(H2,10,12);1-2H3. The number of nitrogens with two attached hydrogens (primary N) is 1. The van der Waals surface area contributed by atoms with E-state index in [4.69, 9.17) is 5.73 Å². The molecule has 2 N–H and O–H groups in total. The molecule has 0 aromatic heterocycles. The second kappa shape index (κ2) is 9.00. The second-order valence-corrected chi connectivity index (χ2v) is 3.74. The van der Waals surface area contributed by atoms with Crippen LogP contribution in [0.2, 0.25) is 0 Å². The number of carbonyl (C=O) groups excluding carboxylic acids is 1. The molecule has 0 saturated carbocycles. The molecule has 0 aromatic carbocycles. The zero-order chi connectivity index (χ0) is 11.7. The Labute approximate surface area is 88.7 Å². The maximum absolute atomic E-state index is 10.8. The van der Waals surface area contributed by atoms with Crippen molar-refractivity contribution in [2.24, 2.45) is 11.7 Å². The minimum atomic E-state index is -0.249. The van der Waals surface area contributed by atoms with E-state index in [0.29, 0.717) is 5.92 Å². The number of nitrogens with zero attached hydrogens (tertiary/aromatic N) is 1. The topological polar surface area (TPSA) is 46.3 Å². The van der Waals surface area contributed by atoms with E-state index >= 15 is 0 Å². The molecule has 0 saturated heterocycles. The highest BCUT2D eigenvalue weighted by Crippen LogP contribution is 2.03. The first-order chi connectivity index (χ1) is 6.45. The van der Waals surface area contributed by atoms with E-state index in [2.05, 4.69) is 13.8 Å². The Morgan fingerprint density at radius 1 is 1.29 bits per heavy atom. The van der Waals surface area contributed by atoms with Crippen LogP contribution in [0.3, 0.4) is 0 Å². The molecule has 0 aromatic rings. The number of primary amides is 1.